The smallest absolute Gasteiger partial charge is 0.159 e. The van der Waals surface area contributed by atoms with Crippen molar-refractivity contribution in [3.63, 3.8) is 0 Å². The van der Waals surface area contributed by atoms with Gasteiger partial charge in [-0.25, -0.2) is 8.78 Å². The average molecular weight is 225 g/mol. The molecule has 0 aliphatic heterocycles. The fourth-order valence-corrected chi connectivity index (χ4v) is 2.41. The normalized spacial score (nSPS) is 24.2. The van der Waals surface area contributed by atoms with E-state index in [-0.39, 0.29) is 0 Å². The Hall–Kier alpha value is -0.960. The van der Waals surface area contributed by atoms with Gasteiger partial charge in [0.25, 0.3) is 0 Å². The van der Waals surface area contributed by atoms with E-state index in [0.717, 1.165) is 18.5 Å². The van der Waals surface area contributed by atoms with Crippen molar-refractivity contribution in [1.82, 2.24) is 5.32 Å². The Labute approximate surface area is 94.9 Å². The SMILES string of the molecule is CNCC1CCC1Cc1ccc(F)c(F)c1. The molecule has 1 aromatic rings. The molecule has 1 aromatic carbocycles. The molecule has 0 aromatic heterocycles. The van der Waals surface area contributed by atoms with Crippen LogP contribution in [0.3, 0.4) is 0 Å². The van der Waals surface area contributed by atoms with E-state index in [2.05, 4.69) is 5.32 Å². The van der Waals surface area contributed by atoms with Crippen LogP contribution in [0.2, 0.25) is 0 Å². The van der Waals surface area contributed by atoms with Crippen LogP contribution in [0.5, 0.6) is 0 Å². The Balaban J connectivity index is 1.96. The van der Waals surface area contributed by atoms with Crippen LogP contribution in [-0.2, 0) is 6.42 Å². The summed E-state index contributed by atoms with van der Waals surface area (Å²) in [6.07, 6.45) is 3.31. The highest BCUT2D eigenvalue weighted by Gasteiger charge is 2.29. The highest BCUT2D eigenvalue weighted by atomic mass is 19.2. The molecule has 0 radical (unpaired) electrons. The van der Waals surface area contributed by atoms with Gasteiger partial charge in [-0.15, -0.1) is 0 Å². The van der Waals surface area contributed by atoms with Gasteiger partial charge in [0.2, 0.25) is 0 Å². The average Bonchev–Trinajstić information content (AvgIpc) is 2.26. The Kier molecular flexibility index (Phi) is 3.54. The lowest BCUT2D eigenvalue weighted by Gasteiger charge is -2.36. The van der Waals surface area contributed by atoms with E-state index in [1.165, 1.54) is 25.0 Å². The second kappa shape index (κ2) is 4.91. The van der Waals surface area contributed by atoms with Crippen molar-refractivity contribution in [2.24, 2.45) is 11.8 Å². The van der Waals surface area contributed by atoms with E-state index >= 15 is 0 Å². The van der Waals surface area contributed by atoms with Crippen LogP contribution in [0.25, 0.3) is 0 Å². The van der Waals surface area contributed by atoms with Crippen LogP contribution in [0, 0.1) is 23.5 Å². The topological polar surface area (TPSA) is 12.0 Å². The maximum atomic E-state index is 13.0. The molecule has 2 rings (SSSR count). The number of nitrogens with one attached hydrogen (secondary N) is 1. The molecule has 1 fully saturated rings. The molecule has 2 unspecified atom stereocenters. The predicted molar refractivity (Wildman–Crippen MR) is 60.2 cm³/mol. The summed E-state index contributed by atoms with van der Waals surface area (Å²) in [5.41, 5.74) is 0.907. The quantitative estimate of drug-likeness (QED) is 0.830. The van der Waals surface area contributed by atoms with Gasteiger partial charge in [0, 0.05) is 0 Å². The molecular formula is C13H17F2N. The van der Waals surface area contributed by atoms with E-state index in [1.54, 1.807) is 6.07 Å². The minimum absolute atomic E-state index is 0.623. The Bertz CT molecular complexity index is 365. The van der Waals surface area contributed by atoms with Gasteiger partial charge in [-0.2, -0.15) is 0 Å². The minimum Gasteiger partial charge on any atom is -0.319 e. The monoisotopic (exact) mass is 225 g/mol. The lowest BCUT2D eigenvalue weighted by molar-refractivity contribution is 0.174. The van der Waals surface area contributed by atoms with Crippen molar-refractivity contribution in [2.45, 2.75) is 19.3 Å². The third kappa shape index (κ3) is 2.40. The van der Waals surface area contributed by atoms with E-state index in [9.17, 15) is 8.78 Å². The van der Waals surface area contributed by atoms with Gasteiger partial charge in [0.15, 0.2) is 11.6 Å². The maximum Gasteiger partial charge on any atom is 0.159 e. The fourth-order valence-electron chi connectivity index (χ4n) is 2.41. The van der Waals surface area contributed by atoms with Crippen molar-refractivity contribution in [2.75, 3.05) is 13.6 Å². The van der Waals surface area contributed by atoms with Crippen molar-refractivity contribution < 1.29 is 8.78 Å². The number of hydrogen-bond donors (Lipinski definition) is 1. The largest absolute Gasteiger partial charge is 0.319 e. The van der Waals surface area contributed by atoms with Crippen molar-refractivity contribution >= 4 is 0 Å². The van der Waals surface area contributed by atoms with E-state index < -0.39 is 11.6 Å². The summed E-state index contributed by atoms with van der Waals surface area (Å²) >= 11 is 0. The zero-order valence-corrected chi connectivity index (χ0v) is 9.47. The highest BCUT2D eigenvalue weighted by molar-refractivity contribution is 5.19. The first-order chi connectivity index (χ1) is 7.70. The number of hydrogen-bond acceptors (Lipinski definition) is 1. The van der Waals surface area contributed by atoms with E-state index in [0.29, 0.717) is 11.8 Å². The van der Waals surface area contributed by atoms with Crippen LogP contribution < -0.4 is 5.32 Å². The summed E-state index contributed by atoms with van der Waals surface area (Å²) in [5.74, 6) is -0.179. The molecule has 0 amide bonds. The van der Waals surface area contributed by atoms with Gasteiger partial charge >= 0.3 is 0 Å². The van der Waals surface area contributed by atoms with Gasteiger partial charge < -0.3 is 5.32 Å². The van der Waals surface area contributed by atoms with Crippen molar-refractivity contribution in [3.05, 3.63) is 35.4 Å². The molecule has 2 atom stereocenters. The molecule has 1 nitrogen and oxygen atoms in total. The molecular weight excluding hydrogens is 208 g/mol. The van der Waals surface area contributed by atoms with Crippen LogP contribution in [-0.4, -0.2) is 13.6 Å². The third-order valence-electron chi connectivity index (χ3n) is 3.52. The number of halogens is 2. The Morgan fingerprint density at radius 1 is 1.19 bits per heavy atom. The second-order valence-corrected chi connectivity index (χ2v) is 4.61. The molecule has 0 spiro atoms. The molecule has 88 valence electrons. The van der Waals surface area contributed by atoms with Crippen LogP contribution in [0.15, 0.2) is 18.2 Å². The summed E-state index contributed by atoms with van der Waals surface area (Å²) in [4.78, 5) is 0. The van der Waals surface area contributed by atoms with Gasteiger partial charge in [0.1, 0.15) is 0 Å². The highest BCUT2D eigenvalue weighted by Crippen LogP contribution is 2.36. The van der Waals surface area contributed by atoms with Crippen LogP contribution >= 0.6 is 0 Å². The molecule has 0 heterocycles. The number of rotatable bonds is 4. The lowest BCUT2D eigenvalue weighted by Crippen LogP contribution is -2.35. The standard InChI is InChI=1S/C13H17F2N/c1-16-8-11-4-3-10(11)6-9-2-5-12(14)13(15)7-9/h2,5,7,10-11,16H,3-4,6,8H2,1H3. The third-order valence-corrected chi connectivity index (χ3v) is 3.52. The maximum absolute atomic E-state index is 13.0. The summed E-state index contributed by atoms with van der Waals surface area (Å²) in [6.45, 7) is 1.02. The summed E-state index contributed by atoms with van der Waals surface area (Å²) in [6, 6.07) is 4.23. The molecule has 0 bridgehead atoms. The zero-order chi connectivity index (χ0) is 11.5. The van der Waals surface area contributed by atoms with Crippen LogP contribution in [0.4, 0.5) is 8.78 Å². The van der Waals surface area contributed by atoms with E-state index in [4.69, 9.17) is 0 Å². The molecule has 1 saturated carbocycles. The van der Waals surface area contributed by atoms with Crippen molar-refractivity contribution in [1.29, 1.82) is 0 Å². The molecule has 3 heteroatoms. The first-order valence-electron chi connectivity index (χ1n) is 5.79. The molecule has 16 heavy (non-hydrogen) atoms. The number of benzene rings is 1. The van der Waals surface area contributed by atoms with Crippen LogP contribution in [0.1, 0.15) is 18.4 Å². The lowest BCUT2D eigenvalue weighted by atomic mass is 9.71. The molecule has 1 N–H and O–H groups in total. The zero-order valence-electron chi connectivity index (χ0n) is 9.47. The van der Waals surface area contributed by atoms with Gasteiger partial charge in [0.05, 0.1) is 0 Å². The minimum atomic E-state index is -0.760. The van der Waals surface area contributed by atoms with Gasteiger partial charge in [-0.3, -0.25) is 0 Å². The predicted octanol–water partition coefficient (Wildman–Crippen LogP) is 2.75. The molecule has 1 aliphatic rings. The van der Waals surface area contributed by atoms with Gasteiger partial charge in [-0.05, 0) is 62.4 Å². The van der Waals surface area contributed by atoms with Crippen molar-refractivity contribution in [3.8, 4) is 0 Å². The Morgan fingerprint density at radius 2 is 1.94 bits per heavy atom. The molecule has 0 saturated heterocycles. The van der Waals surface area contributed by atoms with E-state index in [1.807, 2.05) is 7.05 Å². The fraction of sp³-hybridized carbons (Fsp3) is 0.538. The summed E-state index contributed by atoms with van der Waals surface area (Å²) in [7, 11) is 1.95. The first kappa shape index (κ1) is 11.5. The Morgan fingerprint density at radius 3 is 2.50 bits per heavy atom. The molecule has 1 aliphatic carbocycles. The first-order valence-corrected chi connectivity index (χ1v) is 5.79. The summed E-state index contributed by atoms with van der Waals surface area (Å²) in [5, 5.41) is 3.17. The second-order valence-electron chi connectivity index (χ2n) is 4.61. The summed E-state index contributed by atoms with van der Waals surface area (Å²) < 4.78 is 25.8. The van der Waals surface area contributed by atoms with Gasteiger partial charge in [-0.1, -0.05) is 6.07 Å².